The van der Waals surface area contributed by atoms with Crippen molar-refractivity contribution in [1.82, 2.24) is 0 Å². The van der Waals surface area contributed by atoms with Gasteiger partial charge in [-0.25, -0.2) is 4.79 Å². The highest BCUT2D eigenvalue weighted by molar-refractivity contribution is 14.1. The number of nitrogens with one attached hydrogen (secondary N) is 1. The quantitative estimate of drug-likeness (QED) is 0.794. The Kier molecular flexibility index (Phi) is 4.21. The van der Waals surface area contributed by atoms with Gasteiger partial charge in [-0.1, -0.05) is 12.8 Å². The fraction of sp³-hybridized carbons (Fsp3) is 0.385. The number of hydrogen-bond donors (Lipinski definition) is 2. The average molecular weight is 359 g/mol. The summed E-state index contributed by atoms with van der Waals surface area (Å²) in [6.07, 6.45) is 3.92. The lowest BCUT2D eigenvalue weighted by Gasteiger charge is -2.07. The molecule has 1 aromatic rings. The molecule has 1 aromatic carbocycles. The molecule has 1 saturated carbocycles. The van der Waals surface area contributed by atoms with Gasteiger partial charge >= 0.3 is 5.97 Å². The van der Waals surface area contributed by atoms with Gasteiger partial charge < -0.3 is 10.4 Å². The van der Waals surface area contributed by atoms with E-state index in [2.05, 4.69) is 5.32 Å². The minimum atomic E-state index is -0.984. The van der Waals surface area contributed by atoms with Crippen molar-refractivity contribution in [3.05, 3.63) is 27.3 Å². The zero-order valence-electron chi connectivity index (χ0n) is 9.78. The summed E-state index contributed by atoms with van der Waals surface area (Å²) in [5, 5.41) is 11.7. The summed E-state index contributed by atoms with van der Waals surface area (Å²) < 4.78 is 0.796. The van der Waals surface area contributed by atoms with E-state index in [0.29, 0.717) is 12.1 Å². The molecule has 1 aliphatic carbocycles. The van der Waals surface area contributed by atoms with Crippen LogP contribution < -0.4 is 5.32 Å². The first-order valence-corrected chi connectivity index (χ1v) is 6.96. The van der Waals surface area contributed by atoms with Crippen LogP contribution in [-0.4, -0.2) is 17.0 Å². The second kappa shape index (κ2) is 5.69. The van der Waals surface area contributed by atoms with Crippen LogP contribution in [0.15, 0.2) is 18.2 Å². The molecule has 2 rings (SSSR count). The maximum Gasteiger partial charge on any atom is 0.335 e. The topological polar surface area (TPSA) is 66.4 Å². The van der Waals surface area contributed by atoms with E-state index in [1.807, 2.05) is 22.6 Å². The fourth-order valence-corrected chi connectivity index (χ4v) is 2.42. The van der Waals surface area contributed by atoms with Crippen LogP contribution >= 0.6 is 22.6 Å². The predicted molar refractivity (Wildman–Crippen MR) is 76.7 cm³/mol. The number of carboxylic acids is 1. The molecule has 0 atom stereocenters. The molecule has 0 spiro atoms. The summed E-state index contributed by atoms with van der Waals surface area (Å²) in [4.78, 5) is 22.6. The number of carboxylic acid groups (broad SMARTS) is 1. The van der Waals surface area contributed by atoms with Crippen molar-refractivity contribution in [3.8, 4) is 0 Å². The van der Waals surface area contributed by atoms with Crippen LogP contribution in [0.4, 0.5) is 5.69 Å². The van der Waals surface area contributed by atoms with Crippen molar-refractivity contribution >= 4 is 40.2 Å². The second-order valence-corrected chi connectivity index (χ2v) is 5.81. The van der Waals surface area contributed by atoms with Crippen LogP contribution in [0, 0.1) is 9.49 Å². The molecule has 2 N–H and O–H groups in total. The van der Waals surface area contributed by atoms with Crippen LogP contribution in [0.2, 0.25) is 0 Å². The molecule has 1 aliphatic rings. The van der Waals surface area contributed by atoms with Crippen molar-refractivity contribution in [3.63, 3.8) is 0 Å². The molecule has 18 heavy (non-hydrogen) atoms. The van der Waals surface area contributed by atoms with Gasteiger partial charge in [-0.05, 0) is 53.1 Å². The lowest BCUT2D eigenvalue weighted by atomic mass is 10.2. The minimum absolute atomic E-state index is 0.0414. The van der Waals surface area contributed by atoms with E-state index >= 15 is 0 Å². The molecule has 0 heterocycles. The highest BCUT2D eigenvalue weighted by atomic mass is 127. The van der Waals surface area contributed by atoms with Crippen molar-refractivity contribution in [2.75, 3.05) is 5.32 Å². The molecule has 0 bridgehead atoms. The van der Waals surface area contributed by atoms with E-state index in [1.165, 1.54) is 18.9 Å². The largest absolute Gasteiger partial charge is 0.478 e. The number of rotatable bonds is 5. The van der Waals surface area contributed by atoms with Gasteiger partial charge in [0.2, 0.25) is 5.91 Å². The molecule has 0 aromatic heterocycles. The Morgan fingerprint density at radius 1 is 1.33 bits per heavy atom. The Balaban J connectivity index is 1.98. The first-order valence-electron chi connectivity index (χ1n) is 5.88. The molecule has 5 heteroatoms. The summed E-state index contributed by atoms with van der Waals surface area (Å²) in [5.74, 6) is -0.302. The van der Waals surface area contributed by atoms with Crippen LogP contribution in [0.5, 0.6) is 0 Å². The zero-order valence-corrected chi connectivity index (χ0v) is 11.9. The lowest BCUT2D eigenvalue weighted by molar-refractivity contribution is -0.116. The first-order chi connectivity index (χ1) is 8.54. The normalized spacial score (nSPS) is 14.3. The number of aromatic carboxylic acids is 1. The molecular formula is C13H14INO3. The van der Waals surface area contributed by atoms with Crippen molar-refractivity contribution in [1.29, 1.82) is 0 Å². The van der Waals surface area contributed by atoms with E-state index < -0.39 is 5.97 Å². The van der Waals surface area contributed by atoms with Gasteiger partial charge in [0, 0.05) is 15.7 Å². The Labute approximate surface area is 119 Å². The number of hydrogen-bond acceptors (Lipinski definition) is 2. The number of carbonyl (C=O) groups excluding carboxylic acids is 1. The van der Waals surface area contributed by atoms with E-state index in [9.17, 15) is 9.59 Å². The van der Waals surface area contributed by atoms with E-state index in [0.717, 1.165) is 15.9 Å². The van der Waals surface area contributed by atoms with Gasteiger partial charge in [0.15, 0.2) is 0 Å². The van der Waals surface area contributed by atoms with Crippen LogP contribution in [0.3, 0.4) is 0 Å². The van der Waals surface area contributed by atoms with Gasteiger partial charge in [0.05, 0.1) is 5.56 Å². The number of halogens is 1. The van der Waals surface area contributed by atoms with Crippen LogP contribution in [0.25, 0.3) is 0 Å². The monoisotopic (exact) mass is 359 g/mol. The maximum absolute atomic E-state index is 11.7. The van der Waals surface area contributed by atoms with E-state index in [-0.39, 0.29) is 11.5 Å². The van der Waals surface area contributed by atoms with Crippen LogP contribution in [0.1, 0.15) is 36.0 Å². The minimum Gasteiger partial charge on any atom is -0.478 e. The highest BCUT2D eigenvalue weighted by Gasteiger charge is 2.21. The van der Waals surface area contributed by atoms with Crippen molar-refractivity contribution < 1.29 is 14.7 Å². The van der Waals surface area contributed by atoms with Gasteiger partial charge in [-0.15, -0.1) is 0 Å². The Morgan fingerprint density at radius 3 is 2.67 bits per heavy atom. The molecule has 96 valence electrons. The van der Waals surface area contributed by atoms with Crippen molar-refractivity contribution in [2.45, 2.75) is 25.7 Å². The molecule has 0 radical (unpaired) electrons. The first kappa shape index (κ1) is 13.3. The van der Waals surface area contributed by atoms with Gasteiger partial charge in [-0.2, -0.15) is 0 Å². The molecular weight excluding hydrogens is 345 g/mol. The molecule has 1 amide bonds. The molecule has 0 unspecified atom stereocenters. The van der Waals surface area contributed by atoms with Gasteiger partial charge in [0.1, 0.15) is 0 Å². The summed E-state index contributed by atoms with van der Waals surface area (Å²) in [5.41, 5.74) is 0.750. The molecule has 0 saturated heterocycles. The zero-order chi connectivity index (χ0) is 13.1. The van der Waals surface area contributed by atoms with Gasteiger partial charge in [0.25, 0.3) is 0 Å². The third-order valence-electron chi connectivity index (χ3n) is 2.91. The number of anilines is 1. The third-order valence-corrected chi connectivity index (χ3v) is 3.53. The lowest BCUT2D eigenvalue weighted by Crippen LogP contribution is -2.12. The van der Waals surface area contributed by atoms with E-state index in [1.54, 1.807) is 12.1 Å². The van der Waals surface area contributed by atoms with E-state index in [4.69, 9.17) is 5.11 Å². The SMILES string of the molecule is O=C(CCC1CC1)Nc1cc(I)cc(C(=O)O)c1. The molecule has 0 aliphatic heterocycles. The Hall–Kier alpha value is -1.11. The highest BCUT2D eigenvalue weighted by Crippen LogP contribution is 2.33. The summed E-state index contributed by atoms with van der Waals surface area (Å²) in [7, 11) is 0. The smallest absolute Gasteiger partial charge is 0.335 e. The fourth-order valence-electron chi connectivity index (χ4n) is 1.75. The standard InChI is InChI=1S/C13H14INO3/c14-10-5-9(13(17)18)6-11(7-10)15-12(16)4-3-8-1-2-8/h5-8H,1-4H2,(H,15,16)(H,17,18). The summed E-state index contributed by atoms with van der Waals surface area (Å²) in [6.45, 7) is 0. The Morgan fingerprint density at radius 2 is 2.06 bits per heavy atom. The number of benzene rings is 1. The predicted octanol–water partition coefficient (Wildman–Crippen LogP) is 3.12. The molecule has 4 nitrogen and oxygen atoms in total. The summed E-state index contributed by atoms with van der Waals surface area (Å²) >= 11 is 2.04. The third kappa shape index (κ3) is 3.97. The average Bonchev–Trinajstić information content (AvgIpc) is 3.09. The number of amides is 1. The maximum atomic E-state index is 11.7. The Bertz CT molecular complexity index is 483. The number of carbonyl (C=O) groups is 2. The van der Waals surface area contributed by atoms with Crippen LogP contribution in [-0.2, 0) is 4.79 Å². The van der Waals surface area contributed by atoms with Crippen molar-refractivity contribution in [2.24, 2.45) is 5.92 Å². The molecule has 1 fully saturated rings. The summed E-state index contributed by atoms with van der Waals surface area (Å²) in [6, 6.07) is 4.82. The van der Waals surface area contributed by atoms with Gasteiger partial charge in [-0.3, -0.25) is 4.79 Å². The second-order valence-electron chi connectivity index (χ2n) is 4.56.